The minimum atomic E-state index is 0.0908. The zero-order valence-electron chi connectivity index (χ0n) is 17.0. The van der Waals surface area contributed by atoms with Crippen molar-refractivity contribution < 1.29 is 4.57 Å². The lowest BCUT2D eigenvalue weighted by Crippen LogP contribution is -2.66. The Hall–Kier alpha value is -1.89. The molecule has 3 aromatic rings. The third-order valence-electron chi connectivity index (χ3n) is 7.54. The van der Waals surface area contributed by atoms with Crippen LogP contribution in [0.3, 0.4) is 0 Å². The van der Waals surface area contributed by atoms with Crippen molar-refractivity contribution >= 4 is 21.7 Å². The lowest BCUT2D eigenvalue weighted by Gasteiger charge is -2.45. The van der Waals surface area contributed by atoms with Crippen molar-refractivity contribution in [1.29, 1.82) is 0 Å². The molecule has 0 saturated heterocycles. The minimum absolute atomic E-state index is 0.0908. The maximum absolute atomic E-state index is 2.60. The fourth-order valence-corrected chi connectivity index (χ4v) is 5.35. The second-order valence-corrected chi connectivity index (χ2v) is 8.49. The van der Waals surface area contributed by atoms with Gasteiger partial charge in [-0.3, -0.25) is 0 Å². The van der Waals surface area contributed by atoms with E-state index >= 15 is 0 Å². The Morgan fingerprint density at radius 1 is 0.923 bits per heavy atom. The van der Waals surface area contributed by atoms with Gasteiger partial charge in [-0.1, -0.05) is 45.4 Å². The van der Waals surface area contributed by atoms with Crippen LogP contribution in [0, 0.1) is 0 Å². The second-order valence-electron chi connectivity index (χ2n) is 8.49. The average molecular weight is 347 g/mol. The summed E-state index contributed by atoms with van der Waals surface area (Å²) in [7, 11) is 0. The van der Waals surface area contributed by atoms with E-state index < -0.39 is 0 Å². The summed E-state index contributed by atoms with van der Waals surface area (Å²) in [5.41, 5.74) is 4.73. The molecule has 2 unspecified atom stereocenters. The van der Waals surface area contributed by atoms with E-state index in [1.165, 1.54) is 46.5 Å². The summed E-state index contributed by atoms with van der Waals surface area (Å²) in [6.45, 7) is 11.9. The molecule has 0 N–H and O–H groups in total. The highest BCUT2D eigenvalue weighted by Gasteiger charge is 2.55. The van der Waals surface area contributed by atoms with Crippen LogP contribution in [0.4, 0.5) is 0 Å². The van der Waals surface area contributed by atoms with Gasteiger partial charge in [0.15, 0.2) is 11.7 Å². The summed E-state index contributed by atoms with van der Waals surface area (Å²) in [4.78, 5) is 0. The van der Waals surface area contributed by atoms with Crippen LogP contribution in [0.1, 0.15) is 71.4 Å². The van der Waals surface area contributed by atoms with Gasteiger partial charge < -0.3 is 0 Å². The summed E-state index contributed by atoms with van der Waals surface area (Å²) in [6.07, 6.45) is 8.30. The molecule has 1 nitrogen and oxygen atoms in total. The Kier molecular flexibility index (Phi) is 4.10. The van der Waals surface area contributed by atoms with Crippen LogP contribution >= 0.6 is 0 Å². The van der Waals surface area contributed by atoms with Crippen molar-refractivity contribution in [3.63, 3.8) is 0 Å². The van der Waals surface area contributed by atoms with E-state index in [2.05, 4.69) is 81.8 Å². The molecule has 0 saturated carbocycles. The van der Waals surface area contributed by atoms with Gasteiger partial charge in [0.1, 0.15) is 0 Å². The Bertz CT molecular complexity index is 986. The van der Waals surface area contributed by atoms with Crippen LogP contribution in [0.25, 0.3) is 21.7 Å². The van der Waals surface area contributed by atoms with Gasteiger partial charge in [-0.15, -0.1) is 0 Å². The molecule has 0 bridgehead atoms. The molecule has 1 heteroatoms. The maximum atomic E-state index is 2.60. The summed E-state index contributed by atoms with van der Waals surface area (Å²) >= 11 is 0. The second kappa shape index (κ2) is 6.08. The van der Waals surface area contributed by atoms with Gasteiger partial charge in [-0.25, -0.2) is 0 Å². The average Bonchev–Trinajstić information content (AvgIpc) is 2.69. The largest absolute Gasteiger partial charge is 0.221 e. The standard InChI is InChI=1S/C25H32N/c1-6-9-11-18-14-16-21-22-20(18)15-13-19-12-10-17-26(23(19)22)25(5,8-3)24(21,4)7-2/h10,12-17H,6-9,11H2,1-5H3/q+1. The first-order valence-corrected chi connectivity index (χ1v) is 10.4. The summed E-state index contributed by atoms with van der Waals surface area (Å²) in [5.74, 6) is 0. The smallest absolute Gasteiger partial charge is 0.192 e. The fourth-order valence-electron chi connectivity index (χ4n) is 5.35. The summed E-state index contributed by atoms with van der Waals surface area (Å²) in [5, 5.41) is 4.35. The van der Waals surface area contributed by atoms with Crippen LogP contribution in [0.15, 0.2) is 42.6 Å². The van der Waals surface area contributed by atoms with Crippen molar-refractivity contribution in [1.82, 2.24) is 0 Å². The zero-order valence-corrected chi connectivity index (χ0v) is 17.0. The quantitative estimate of drug-likeness (QED) is 0.370. The van der Waals surface area contributed by atoms with Crippen molar-refractivity contribution in [2.45, 2.75) is 77.7 Å². The lowest BCUT2D eigenvalue weighted by molar-refractivity contribution is -0.750. The number of hydrogen-bond donors (Lipinski definition) is 0. The molecular formula is C25H32N+. The first kappa shape index (κ1) is 17.5. The van der Waals surface area contributed by atoms with Gasteiger partial charge in [0.2, 0.25) is 5.52 Å². The summed E-state index contributed by atoms with van der Waals surface area (Å²) in [6, 6.07) is 14.1. The highest BCUT2D eigenvalue weighted by atomic mass is 15.1. The molecule has 26 heavy (non-hydrogen) atoms. The Balaban J connectivity index is 2.19. The molecule has 2 atom stereocenters. The third kappa shape index (κ3) is 2.06. The van der Waals surface area contributed by atoms with Gasteiger partial charge in [-0.2, -0.15) is 4.57 Å². The van der Waals surface area contributed by atoms with Crippen LogP contribution in [-0.2, 0) is 17.4 Å². The van der Waals surface area contributed by atoms with Gasteiger partial charge >= 0.3 is 0 Å². The van der Waals surface area contributed by atoms with E-state index in [-0.39, 0.29) is 11.0 Å². The van der Waals surface area contributed by atoms with Crippen LogP contribution in [-0.4, -0.2) is 0 Å². The predicted molar refractivity (Wildman–Crippen MR) is 112 cm³/mol. The van der Waals surface area contributed by atoms with E-state index in [1.807, 2.05) is 0 Å². The number of aryl methyl sites for hydroxylation is 1. The van der Waals surface area contributed by atoms with Gasteiger partial charge in [0, 0.05) is 24.8 Å². The summed E-state index contributed by atoms with van der Waals surface area (Å²) < 4.78 is 2.60. The van der Waals surface area contributed by atoms with Crippen LogP contribution in [0.2, 0.25) is 0 Å². The van der Waals surface area contributed by atoms with E-state index in [0.717, 1.165) is 12.8 Å². The Morgan fingerprint density at radius 2 is 1.73 bits per heavy atom. The number of benzene rings is 2. The number of hydrogen-bond acceptors (Lipinski definition) is 0. The van der Waals surface area contributed by atoms with Crippen molar-refractivity contribution in [3.8, 4) is 0 Å². The van der Waals surface area contributed by atoms with E-state index in [9.17, 15) is 0 Å². The van der Waals surface area contributed by atoms with E-state index in [4.69, 9.17) is 0 Å². The van der Waals surface area contributed by atoms with Crippen molar-refractivity contribution in [2.75, 3.05) is 0 Å². The molecule has 2 aromatic carbocycles. The van der Waals surface area contributed by atoms with Gasteiger partial charge in [-0.05, 0) is 54.8 Å². The van der Waals surface area contributed by atoms with E-state index in [1.54, 1.807) is 5.56 Å². The predicted octanol–water partition coefficient (Wildman–Crippen LogP) is 6.43. The highest BCUT2D eigenvalue weighted by molar-refractivity contribution is 6.07. The first-order valence-electron chi connectivity index (χ1n) is 10.4. The SMILES string of the molecule is CCCCc1ccc2c3c1ccc1ccc[n+](c13)C(C)(CC)C2(C)CC. The maximum Gasteiger partial charge on any atom is 0.221 e. The molecule has 0 spiro atoms. The third-order valence-corrected chi connectivity index (χ3v) is 7.54. The topological polar surface area (TPSA) is 3.88 Å². The highest BCUT2D eigenvalue weighted by Crippen LogP contribution is 2.49. The molecule has 1 aliphatic heterocycles. The molecule has 136 valence electrons. The molecule has 0 radical (unpaired) electrons. The number of aromatic nitrogens is 1. The van der Waals surface area contributed by atoms with Crippen molar-refractivity contribution in [3.05, 3.63) is 53.7 Å². The molecule has 1 aliphatic rings. The number of rotatable bonds is 5. The zero-order chi connectivity index (χ0) is 18.5. The Morgan fingerprint density at radius 3 is 2.42 bits per heavy atom. The molecule has 2 heterocycles. The molecule has 0 fully saturated rings. The normalized spacial score (nSPS) is 24.7. The van der Waals surface area contributed by atoms with Gasteiger partial charge in [0.05, 0.1) is 10.8 Å². The Labute approximate surface area is 158 Å². The number of pyridine rings is 1. The van der Waals surface area contributed by atoms with Gasteiger partial charge in [0.25, 0.3) is 0 Å². The molecule has 1 aromatic heterocycles. The van der Waals surface area contributed by atoms with E-state index in [0.29, 0.717) is 0 Å². The number of nitrogens with zero attached hydrogens (tertiary/aromatic N) is 1. The number of unbranched alkanes of at least 4 members (excludes halogenated alkanes) is 1. The molecule has 0 aliphatic carbocycles. The van der Waals surface area contributed by atoms with Crippen LogP contribution in [0.5, 0.6) is 0 Å². The molecule has 4 rings (SSSR count). The molecular weight excluding hydrogens is 314 g/mol. The van der Waals surface area contributed by atoms with Crippen LogP contribution < -0.4 is 4.57 Å². The van der Waals surface area contributed by atoms with Crippen molar-refractivity contribution in [2.24, 2.45) is 0 Å². The molecule has 0 amide bonds. The minimum Gasteiger partial charge on any atom is -0.192 e. The first-order chi connectivity index (χ1) is 12.5. The fraction of sp³-hybridized carbons (Fsp3) is 0.480. The lowest BCUT2D eigenvalue weighted by atomic mass is 9.61. The monoisotopic (exact) mass is 346 g/mol.